The highest BCUT2D eigenvalue weighted by atomic mass is 32.1. The molecule has 1 aromatic heterocycles. The largest absolute Gasteiger partial charge is 0.378 e. The molecular weight excluding hydrogens is 290 g/mol. The maximum absolute atomic E-state index is 11.4. The van der Waals surface area contributed by atoms with Crippen molar-refractivity contribution in [3.63, 3.8) is 0 Å². The second kappa shape index (κ2) is 7.81. The summed E-state index contributed by atoms with van der Waals surface area (Å²) in [6.07, 6.45) is 3.68. The molecule has 1 aliphatic heterocycles. The topological polar surface area (TPSA) is 82.3 Å². The zero-order valence-corrected chi connectivity index (χ0v) is 12.5. The van der Waals surface area contributed by atoms with Crippen LogP contribution in [0.3, 0.4) is 0 Å². The van der Waals surface area contributed by atoms with E-state index in [1.165, 1.54) is 4.90 Å². The maximum Gasteiger partial charge on any atom is 0.278 e. The van der Waals surface area contributed by atoms with Gasteiger partial charge in [0.05, 0.1) is 25.7 Å². The molecule has 2 rings (SSSR count). The zero-order chi connectivity index (χ0) is 15.1. The van der Waals surface area contributed by atoms with Gasteiger partial charge in [-0.2, -0.15) is 5.26 Å². The van der Waals surface area contributed by atoms with E-state index >= 15 is 0 Å². The lowest BCUT2D eigenvalue weighted by atomic mass is 10.3. The van der Waals surface area contributed by atoms with Crippen LogP contribution >= 0.6 is 12.6 Å². The number of anilines is 1. The molecule has 112 valence electrons. The monoisotopic (exact) mass is 307 g/mol. The molecule has 0 atom stereocenters. The van der Waals surface area contributed by atoms with Crippen molar-refractivity contribution in [1.29, 1.82) is 5.26 Å². The number of ether oxygens (including phenoxy) is 1. The summed E-state index contributed by atoms with van der Waals surface area (Å²) in [4.78, 5) is 23.6. The van der Waals surface area contributed by atoms with E-state index in [9.17, 15) is 4.79 Å². The Bertz CT molecular complexity index is 510. The van der Waals surface area contributed by atoms with Crippen molar-refractivity contribution in [2.75, 3.05) is 37.7 Å². The summed E-state index contributed by atoms with van der Waals surface area (Å²) in [5, 5.41) is 8.23. The third kappa shape index (κ3) is 4.58. The summed E-state index contributed by atoms with van der Waals surface area (Å²) in [5.74, 6) is 0.669. The van der Waals surface area contributed by atoms with Gasteiger partial charge in [-0.15, -0.1) is 0 Å². The van der Waals surface area contributed by atoms with Gasteiger partial charge in [0.1, 0.15) is 0 Å². The second-order valence-corrected chi connectivity index (χ2v) is 4.99. The van der Waals surface area contributed by atoms with E-state index in [1.807, 2.05) is 6.07 Å². The van der Waals surface area contributed by atoms with E-state index in [-0.39, 0.29) is 11.7 Å². The first kappa shape index (κ1) is 15.5. The fraction of sp³-hybridized carbons (Fsp3) is 0.538. The highest BCUT2D eigenvalue weighted by molar-refractivity contribution is 7.96. The van der Waals surface area contributed by atoms with Gasteiger partial charge >= 0.3 is 0 Å². The second-order valence-electron chi connectivity index (χ2n) is 4.60. The molecule has 0 bridgehead atoms. The minimum atomic E-state index is -0.359. The average molecular weight is 307 g/mol. The van der Waals surface area contributed by atoms with Gasteiger partial charge < -0.3 is 14.5 Å². The van der Waals surface area contributed by atoms with Gasteiger partial charge in [0.25, 0.3) is 5.24 Å². The van der Waals surface area contributed by atoms with Gasteiger partial charge in [-0.1, -0.05) is 12.6 Å². The van der Waals surface area contributed by atoms with Crippen molar-refractivity contribution < 1.29 is 9.53 Å². The predicted molar refractivity (Wildman–Crippen MR) is 80.1 cm³/mol. The van der Waals surface area contributed by atoms with Crippen LogP contribution in [0.1, 0.15) is 12.0 Å². The Morgan fingerprint density at radius 3 is 2.67 bits per heavy atom. The number of rotatable bonds is 5. The van der Waals surface area contributed by atoms with Gasteiger partial charge in [0.2, 0.25) is 5.95 Å². The molecule has 8 heteroatoms. The third-order valence-corrected chi connectivity index (χ3v) is 3.41. The van der Waals surface area contributed by atoms with E-state index in [4.69, 9.17) is 10.00 Å². The number of hydrogen-bond acceptors (Lipinski definition) is 6. The van der Waals surface area contributed by atoms with Crippen LogP contribution in [0.5, 0.6) is 0 Å². The van der Waals surface area contributed by atoms with Crippen LogP contribution in [0.4, 0.5) is 10.7 Å². The van der Waals surface area contributed by atoms with Gasteiger partial charge in [-0.25, -0.2) is 9.97 Å². The number of thiol groups is 1. The number of nitrogens with zero attached hydrogens (tertiary/aromatic N) is 5. The van der Waals surface area contributed by atoms with Crippen molar-refractivity contribution in [3.05, 3.63) is 18.0 Å². The number of carbonyl (C=O) groups excluding carboxylic acids is 1. The Morgan fingerprint density at radius 1 is 1.43 bits per heavy atom. The van der Waals surface area contributed by atoms with E-state index in [1.54, 1.807) is 12.4 Å². The number of carbonyl (C=O) groups is 1. The lowest BCUT2D eigenvalue weighted by molar-refractivity contribution is 0.122. The molecule has 0 radical (unpaired) electrons. The van der Waals surface area contributed by atoms with Crippen molar-refractivity contribution in [2.24, 2.45) is 0 Å². The molecular formula is C13H17N5O2S. The molecule has 0 aromatic carbocycles. The molecule has 1 aromatic rings. The first-order chi connectivity index (χ1) is 10.2. The number of aromatic nitrogens is 2. The number of morpholine rings is 1. The summed E-state index contributed by atoms with van der Waals surface area (Å²) in [6.45, 7) is 3.63. The zero-order valence-electron chi connectivity index (χ0n) is 11.6. The SMILES string of the molecule is N#CCCN(Cc1cnc(N2CCOCC2)nc1)C(=O)S. The van der Waals surface area contributed by atoms with Crippen LogP contribution in [0.15, 0.2) is 12.4 Å². The number of amides is 1. The molecule has 1 saturated heterocycles. The van der Waals surface area contributed by atoms with E-state index in [0.717, 1.165) is 18.7 Å². The Morgan fingerprint density at radius 2 is 2.10 bits per heavy atom. The first-order valence-corrected chi connectivity index (χ1v) is 7.14. The fourth-order valence-electron chi connectivity index (χ4n) is 2.00. The van der Waals surface area contributed by atoms with Crippen LogP contribution in [0, 0.1) is 11.3 Å². The minimum Gasteiger partial charge on any atom is -0.378 e. The summed E-state index contributed by atoms with van der Waals surface area (Å²) in [7, 11) is 0. The van der Waals surface area contributed by atoms with Crippen molar-refractivity contribution in [3.8, 4) is 6.07 Å². The predicted octanol–water partition coefficient (Wildman–Crippen LogP) is 1.08. The molecule has 0 unspecified atom stereocenters. The Hall–Kier alpha value is -1.85. The molecule has 0 aliphatic carbocycles. The summed E-state index contributed by atoms with van der Waals surface area (Å²) in [6, 6.07) is 2.01. The lowest BCUT2D eigenvalue weighted by Crippen LogP contribution is -2.37. The molecule has 21 heavy (non-hydrogen) atoms. The van der Waals surface area contributed by atoms with Crippen molar-refractivity contribution in [2.45, 2.75) is 13.0 Å². The Balaban J connectivity index is 1.97. The summed E-state index contributed by atoms with van der Waals surface area (Å²) in [5.41, 5.74) is 0.812. The number of hydrogen-bond donors (Lipinski definition) is 1. The van der Waals surface area contributed by atoms with Gasteiger partial charge in [0.15, 0.2) is 0 Å². The average Bonchev–Trinajstić information content (AvgIpc) is 2.52. The molecule has 1 amide bonds. The minimum absolute atomic E-state index is 0.277. The smallest absolute Gasteiger partial charge is 0.278 e. The van der Waals surface area contributed by atoms with E-state index in [0.29, 0.717) is 32.3 Å². The van der Waals surface area contributed by atoms with Crippen LogP contribution in [0.2, 0.25) is 0 Å². The molecule has 1 aliphatic rings. The van der Waals surface area contributed by atoms with E-state index in [2.05, 4.69) is 27.5 Å². The molecule has 2 heterocycles. The third-order valence-electron chi connectivity index (χ3n) is 3.12. The molecule has 7 nitrogen and oxygen atoms in total. The van der Waals surface area contributed by atoms with Gasteiger partial charge in [-0.3, -0.25) is 4.79 Å². The molecule has 1 fully saturated rings. The normalized spacial score (nSPS) is 14.6. The highest BCUT2D eigenvalue weighted by Gasteiger charge is 2.14. The maximum atomic E-state index is 11.4. The van der Waals surface area contributed by atoms with Crippen LogP contribution in [-0.4, -0.2) is 53.0 Å². The van der Waals surface area contributed by atoms with Crippen LogP contribution < -0.4 is 4.90 Å². The van der Waals surface area contributed by atoms with Crippen LogP contribution in [0.25, 0.3) is 0 Å². The quantitative estimate of drug-likeness (QED) is 0.820. The van der Waals surface area contributed by atoms with Gasteiger partial charge in [-0.05, 0) is 0 Å². The van der Waals surface area contributed by atoms with Crippen molar-refractivity contribution >= 4 is 23.8 Å². The van der Waals surface area contributed by atoms with Crippen LogP contribution in [-0.2, 0) is 11.3 Å². The summed E-state index contributed by atoms with van der Waals surface area (Å²) >= 11 is 3.81. The first-order valence-electron chi connectivity index (χ1n) is 6.69. The lowest BCUT2D eigenvalue weighted by Gasteiger charge is -2.26. The molecule has 0 N–H and O–H groups in total. The van der Waals surface area contributed by atoms with E-state index < -0.39 is 0 Å². The highest BCUT2D eigenvalue weighted by Crippen LogP contribution is 2.11. The van der Waals surface area contributed by atoms with Gasteiger partial charge in [0, 0.05) is 44.1 Å². The molecule has 0 saturated carbocycles. The standard InChI is InChI=1S/C13H17N5O2S/c14-2-1-3-18(13(19)21)10-11-8-15-12(16-9-11)17-4-6-20-7-5-17/h8-9H,1,3-7,10H2,(H,19,21). The fourth-order valence-corrected chi connectivity index (χ4v) is 2.17. The number of nitriles is 1. The Labute approximate surface area is 128 Å². The molecule has 0 spiro atoms. The van der Waals surface area contributed by atoms with Crippen molar-refractivity contribution in [1.82, 2.24) is 14.9 Å². The summed E-state index contributed by atoms with van der Waals surface area (Å²) < 4.78 is 5.29. The Kier molecular flexibility index (Phi) is 5.78.